The van der Waals surface area contributed by atoms with Gasteiger partial charge in [-0.2, -0.15) is 5.10 Å². The molecule has 1 aromatic carbocycles. The minimum atomic E-state index is 0.233. The molecule has 19 heavy (non-hydrogen) atoms. The van der Waals surface area contributed by atoms with E-state index in [1.165, 1.54) is 16.7 Å². The highest BCUT2D eigenvalue weighted by atomic mass is 15.3. The van der Waals surface area contributed by atoms with Gasteiger partial charge >= 0.3 is 0 Å². The molecule has 0 aliphatic rings. The van der Waals surface area contributed by atoms with Gasteiger partial charge in [-0.1, -0.05) is 38.1 Å². The molecule has 0 saturated carbocycles. The molecular weight excluding hydrogens is 234 g/mol. The topological polar surface area (TPSA) is 29.9 Å². The Morgan fingerprint density at radius 1 is 1.11 bits per heavy atom. The Bertz CT molecular complexity index is 499. The molecule has 0 radical (unpaired) electrons. The van der Waals surface area contributed by atoms with Crippen LogP contribution in [0.2, 0.25) is 0 Å². The SMILES string of the molecule is CCNC(c1ccc(CC)cc1)c1cnn(CC)c1. The Labute approximate surface area is 115 Å². The van der Waals surface area contributed by atoms with Crippen molar-refractivity contribution in [3.05, 3.63) is 53.3 Å². The van der Waals surface area contributed by atoms with Gasteiger partial charge in [-0.15, -0.1) is 0 Å². The van der Waals surface area contributed by atoms with Crippen molar-refractivity contribution in [1.82, 2.24) is 15.1 Å². The molecule has 0 aliphatic heterocycles. The molecule has 1 aromatic heterocycles. The van der Waals surface area contributed by atoms with Crippen LogP contribution in [0.4, 0.5) is 0 Å². The van der Waals surface area contributed by atoms with Crippen LogP contribution in [0.5, 0.6) is 0 Å². The van der Waals surface area contributed by atoms with Gasteiger partial charge < -0.3 is 5.32 Å². The maximum atomic E-state index is 4.37. The number of nitrogens with zero attached hydrogens (tertiary/aromatic N) is 2. The van der Waals surface area contributed by atoms with Gasteiger partial charge in [-0.25, -0.2) is 0 Å². The van der Waals surface area contributed by atoms with Crippen LogP contribution in [-0.4, -0.2) is 16.3 Å². The van der Waals surface area contributed by atoms with E-state index in [1.54, 1.807) is 0 Å². The minimum absolute atomic E-state index is 0.233. The molecule has 2 aromatic rings. The number of rotatable bonds is 6. The lowest BCUT2D eigenvalue weighted by molar-refractivity contribution is 0.625. The fraction of sp³-hybridized carbons (Fsp3) is 0.438. The first kappa shape index (κ1) is 13.8. The summed E-state index contributed by atoms with van der Waals surface area (Å²) in [7, 11) is 0. The van der Waals surface area contributed by atoms with Gasteiger partial charge in [0.1, 0.15) is 0 Å². The summed E-state index contributed by atoms with van der Waals surface area (Å²) in [4.78, 5) is 0. The zero-order valence-corrected chi connectivity index (χ0v) is 12.1. The predicted octanol–water partition coefficient (Wildman–Crippen LogP) is 3.16. The molecule has 1 heterocycles. The molecule has 3 heteroatoms. The van der Waals surface area contributed by atoms with Crippen LogP contribution in [0.3, 0.4) is 0 Å². The van der Waals surface area contributed by atoms with E-state index in [4.69, 9.17) is 0 Å². The first-order chi connectivity index (χ1) is 9.28. The number of hydrogen-bond acceptors (Lipinski definition) is 2. The molecule has 102 valence electrons. The largest absolute Gasteiger partial charge is 0.306 e. The Morgan fingerprint density at radius 2 is 1.84 bits per heavy atom. The van der Waals surface area contributed by atoms with E-state index in [0.29, 0.717) is 0 Å². The summed E-state index contributed by atoms with van der Waals surface area (Å²) in [5, 5.41) is 7.91. The van der Waals surface area contributed by atoms with E-state index in [0.717, 1.165) is 19.5 Å². The minimum Gasteiger partial charge on any atom is -0.306 e. The smallest absolute Gasteiger partial charge is 0.0607 e. The molecule has 0 saturated heterocycles. The van der Waals surface area contributed by atoms with Crippen molar-refractivity contribution >= 4 is 0 Å². The van der Waals surface area contributed by atoms with Crippen molar-refractivity contribution in [2.45, 2.75) is 39.8 Å². The highest BCUT2D eigenvalue weighted by Crippen LogP contribution is 2.22. The van der Waals surface area contributed by atoms with Crippen LogP contribution in [-0.2, 0) is 13.0 Å². The van der Waals surface area contributed by atoms with Crippen LogP contribution in [0.15, 0.2) is 36.7 Å². The lowest BCUT2D eigenvalue weighted by Crippen LogP contribution is -2.21. The van der Waals surface area contributed by atoms with Gasteiger partial charge in [0.05, 0.1) is 12.2 Å². The third kappa shape index (κ3) is 3.24. The monoisotopic (exact) mass is 257 g/mol. The first-order valence-corrected chi connectivity index (χ1v) is 7.13. The van der Waals surface area contributed by atoms with Gasteiger partial charge in [0, 0.05) is 18.3 Å². The Morgan fingerprint density at radius 3 is 2.37 bits per heavy atom. The lowest BCUT2D eigenvalue weighted by atomic mass is 9.99. The molecule has 0 amide bonds. The fourth-order valence-corrected chi connectivity index (χ4v) is 2.28. The number of aryl methyl sites for hydroxylation is 2. The van der Waals surface area contributed by atoms with Crippen LogP contribution in [0.25, 0.3) is 0 Å². The summed E-state index contributed by atoms with van der Waals surface area (Å²) in [5.41, 5.74) is 3.91. The molecular formula is C16H23N3. The highest BCUT2D eigenvalue weighted by Gasteiger charge is 2.14. The summed E-state index contributed by atoms with van der Waals surface area (Å²) in [6.07, 6.45) is 5.17. The molecule has 1 atom stereocenters. The zero-order chi connectivity index (χ0) is 13.7. The maximum Gasteiger partial charge on any atom is 0.0607 e. The van der Waals surface area contributed by atoms with Crippen molar-refractivity contribution in [2.24, 2.45) is 0 Å². The summed E-state index contributed by atoms with van der Waals surface area (Å²) < 4.78 is 1.97. The summed E-state index contributed by atoms with van der Waals surface area (Å²) in [6, 6.07) is 9.09. The maximum absolute atomic E-state index is 4.37. The predicted molar refractivity (Wildman–Crippen MR) is 79.2 cm³/mol. The Balaban J connectivity index is 2.27. The van der Waals surface area contributed by atoms with Gasteiger partial charge in [0.15, 0.2) is 0 Å². The van der Waals surface area contributed by atoms with Crippen LogP contribution < -0.4 is 5.32 Å². The zero-order valence-electron chi connectivity index (χ0n) is 12.1. The van der Waals surface area contributed by atoms with Gasteiger partial charge in [-0.05, 0) is 31.0 Å². The quantitative estimate of drug-likeness (QED) is 0.861. The standard InChI is InChI=1S/C16H23N3/c1-4-13-7-9-14(10-8-13)16(17-5-2)15-11-18-19(6-3)12-15/h7-12,16-17H,4-6H2,1-3H3. The average molecular weight is 257 g/mol. The van der Waals surface area contributed by atoms with E-state index in [-0.39, 0.29) is 6.04 Å². The van der Waals surface area contributed by atoms with Crippen molar-refractivity contribution in [2.75, 3.05) is 6.54 Å². The van der Waals surface area contributed by atoms with E-state index < -0.39 is 0 Å². The fourth-order valence-electron chi connectivity index (χ4n) is 2.28. The van der Waals surface area contributed by atoms with E-state index in [1.807, 2.05) is 10.9 Å². The summed E-state index contributed by atoms with van der Waals surface area (Å²) >= 11 is 0. The van der Waals surface area contributed by atoms with E-state index >= 15 is 0 Å². The second-order valence-corrected chi connectivity index (χ2v) is 4.72. The Hall–Kier alpha value is -1.61. The van der Waals surface area contributed by atoms with Crippen molar-refractivity contribution in [1.29, 1.82) is 0 Å². The van der Waals surface area contributed by atoms with Crippen LogP contribution in [0.1, 0.15) is 43.5 Å². The molecule has 3 nitrogen and oxygen atoms in total. The molecule has 0 fully saturated rings. The lowest BCUT2D eigenvalue weighted by Gasteiger charge is -2.17. The number of aromatic nitrogens is 2. The summed E-state index contributed by atoms with van der Waals surface area (Å²) in [6.45, 7) is 8.28. The van der Waals surface area contributed by atoms with E-state index in [2.05, 4.69) is 61.6 Å². The van der Waals surface area contributed by atoms with Crippen molar-refractivity contribution in [3.8, 4) is 0 Å². The van der Waals surface area contributed by atoms with Gasteiger partial charge in [0.25, 0.3) is 0 Å². The molecule has 2 rings (SSSR count). The number of benzene rings is 1. The molecule has 0 aliphatic carbocycles. The average Bonchev–Trinajstić information content (AvgIpc) is 2.93. The van der Waals surface area contributed by atoms with Crippen molar-refractivity contribution in [3.63, 3.8) is 0 Å². The normalized spacial score (nSPS) is 12.6. The third-order valence-electron chi connectivity index (χ3n) is 3.44. The molecule has 0 spiro atoms. The Kier molecular flexibility index (Phi) is 4.74. The molecule has 1 unspecified atom stereocenters. The highest BCUT2D eigenvalue weighted by molar-refractivity contribution is 5.31. The molecule has 1 N–H and O–H groups in total. The first-order valence-electron chi connectivity index (χ1n) is 7.13. The molecule has 0 bridgehead atoms. The van der Waals surface area contributed by atoms with Crippen LogP contribution in [0, 0.1) is 0 Å². The van der Waals surface area contributed by atoms with Crippen LogP contribution >= 0.6 is 0 Å². The number of hydrogen-bond donors (Lipinski definition) is 1. The third-order valence-corrected chi connectivity index (χ3v) is 3.44. The van der Waals surface area contributed by atoms with Gasteiger partial charge in [-0.3, -0.25) is 4.68 Å². The van der Waals surface area contributed by atoms with Gasteiger partial charge in [0.2, 0.25) is 0 Å². The second kappa shape index (κ2) is 6.53. The summed E-state index contributed by atoms with van der Waals surface area (Å²) in [5.74, 6) is 0. The number of nitrogens with one attached hydrogen (secondary N) is 1. The van der Waals surface area contributed by atoms with Crippen molar-refractivity contribution < 1.29 is 0 Å². The second-order valence-electron chi connectivity index (χ2n) is 4.72. The van der Waals surface area contributed by atoms with E-state index in [9.17, 15) is 0 Å².